The second-order valence-electron chi connectivity index (χ2n) is 10.5. The second kappa shape index (κ2) is 13.0. The zero-order chi connectivity index (χ0) is 20.3. The van der Waals surface area contributed by atoms with Crippen molar-refractivity contribution in [2.24, 2.45) is 29.6 Å². The summed E-state index contributed by atoms with van der Waals surface area (Å²) in [4.78, 5) is 0. The van der Waals surface area contributed by atoms with Gasteiger partial charge in [-0.3, -0.25) is 0 Å². The molecule has 2 unspecified atom stereocenters. The summed E-state index contributed by atoms with van der Waals surface area (Å²) < 4.78 is 6.41. The van der Waals surface area contributed by atoms with E-state index in [-0.39, 0.29) is 0 Å². The Hall–Kier alpha value is -0.560. The van der Waals surface area contributed by atoms with E-state index in [0.29, 0.717) is 6.10 Å². The predicted octanol–water partition coefficient (Wildman–Crippen LogP) is 8.50. The fourth-order valence-corrected chi connectivity index (χ4v) is 6.19. The molecule has 3 rings (SSSR count). The van der Waals surface area contributed by atoms with Crippen LogP contribution in [0.1, 0.15) is 110 Å². The lowest BCUT2D eigenvalue weighted by Crippen LogP contribution is -2.28. The van der Waals surface area contributed by atoms with Gasteiger partial charge in [0.1, 0.15) is 0 Å². The molecule has 0 radical (unpaired) electrons. The van der Waals surface area contributed by atoms with Crippen LogP contribution in [0.2, 0.25) is 0 Å². The summed E-state index contributed by atoms with van der Waals surface area (Å²) in [5, 5.41) is 0. The summed E-state index contributed by atoms with van der Waals surface area (Å²) in [5.74, 6) is 4.45. The largest absolute Gasteiger partial charge is 0.378 e. The molecule has 1 nitrogen and oxygen atoms in total. The van der Waals surface area contributed by atoms with Gasteiger partial charge in [0.2, 0.25) is 0 Å². The molecule has 2 atom stereocenters. The van der Waals surface area contributed by atoms with Gasteiger partial charge in [-0.2, -0.15) is 0 Å². The summed E-state index contributed by atoms with van der Waals surface area (Å²) in [7, 11) is 0. The van der Waals surface area contributed by atoms with Crippen molar-refractivity contribution in [3.63, 3.8) is 0 Å². The van der Waals surface area contributed by atoms with Gasteiger partial charge in [-0.15, -0.1) is 6.58 Å². The summed E-state index contributed by atoms with van der Waals surface area (Å²) in [6.07, 6.45) is 29.9. The van der Waals surface area contributed by atoms with Crippen LogP contribution in [-0.4, -0.2) is 12.7 Å². The number of hydrogen-bond donors (Lipinski definition) is 0. The first kappa shape index (κ1) is 23.1. The molecule has 3 aliphatic carbocycles. The zero-order valence-corrected chi connectivity index (χ0v) is 19.3. The zero-order valence-electron chi connectivity index (χ0n) is 19.3. The lowest BCUT2D eigenvalue weighted by Gasteiger charge is -2.36. The number of rotatable bonds is 11. The first-order valence-corrected chi connectivity index (χ1v) is 13.2. The fourth-order valence-electron chi connectivity index (χ4n) is 6.19. The molecule has 2 saturated carbocycles. The molecule has 0 spiro atoms. The van der Waals surface area contributed by atoms with E-state index in [1.54, 1.807) is 0 Å². The summed E-state index contributed by atoms with van der Waals surface area (Å²) >= 11 is 0. The molecule has 0 saturated heterocycles. The van der Waals surface area contributed by atoms with Crippen molar-refractivity contribution >= 4 is 0 Å². The van der Waals surface area contributed by atoms with Crippen LogP contribution in [0.4, 0.5) is 0 Å². The Bertz CT molecular complexity index is 465. The quantitative estimate of drug-likeness (QED) is 0.249. The molecular weight excluding hydrogens is 352 g/mol. The van der Waals surface area contributed by atoms with Crippen LogP contribution >= 0.6 is 0 Å². The molecule has 166 valence electrons. The average Bonchev–Trinajstić information content (AvgIpc) is 2.78. The third-order valence-corrected chi connectivity index (χ3v) is 8.32. The van der Waals surface area contributed by atoms with Crippen molar-refractivity contribution in [2.75, 3.05) is 6.61 Å². The Morgan fingerprint density at radius 1 is 0.828 bits per heavy atom. The van der Waals surface area contributed by atoms with E-state index in [4.69, 9.17) is 4.74 Å². The monoisotopic (exact) mass is 400 g/mol. The smallest absolute Gasteiger partial charge is 0.0575 e. The minimum Gasteiger partial charge on any atom is -0.378 e. The molecule has 0 bridgehead atoms. The van der Waals surface area contributed by atoms with Gasteiger partial charge in [0.25, 0.3) is 0 Å². The fraction of sp³-hybridized carbons (Fsp3) is 0.857. The Morgan fingerprint density at radius 3 is 2.24 bits per heavy atom. The SMILES string of the molecule is C=CCCC1C=CC(C2CCC(COC3CCC(CCCCC)CC3)CC2)CC1. The Kier molecular flexibility index (Phi) is 10.3. The maximum atomic E-state index is 6.41. The van der Waals surface area contributed by atoms with Crippen molar-refractivity contribution in [1.29, 1.82) is 0 Å². The average molecular weight is 401 g/mol. The summed E-state index contributed by atoms with van der Waals surface area (Å²) in [6.45, 7) is 7.22. The molecule has 0 aromatic heterocycles. The Labute approximate surface area is 181 Å². The second-order valence-corrected chi connectivity index (χ2v) is 10.5. The van der Waals surface area contributed by atoms with Crippen LogP contribution in [0.15, 0.2) is 24.8 Å². The van der Waals surface area contributed by atoms with Crippen LogP contribution in [0, 0.1) is 29.6 Å². The van der Waals surface area contributed by atoms with Gasteiger partial charge in [0.15, 0.2) is 0 Å². The molecule has 0 aliphatic heterocycles. The van der Waals surface area contributed by atoms with Gasteiger partial charge in [-0.1, -0.05) is 50.8 Å². The molecule has 2 fully saturated rings. The van der Waals surface area contributed by atoms with Gasteiger partial charge in [0, 0.05) is 6.61 Å². The van der Waals surface area contributed by atoms with Crippen molar-refractivity contribution in [3.8, 4) is 0 Å². The molecule has 29 heavy (non-hydrogen) atoms. The van der Waals surface area contributed by atoms with Gasteiger partial charge in [-0.05, 0) is 107 Å². The van der Waals surface area contributed by atoms with Crippen molar-refractivity contribution in [3.05, 3.63) is 24.8 Å². The highest BCUT2D eigenvalue weighted by molar-refractivity contribution is 5.01. The van der Waals surface area contributed by atoms with Crippen LogP contribution in [0.3, 0.4) is 0 Å². The Balaban J connectivity index is 1.27. The van der Waals surface area contributed by atoms with Crippen LogP contribution in [0.5, 0.6) is 0 Å². The summed E-state index contributed by atoms with van der Waals surface area (Å²) in [5.41, 5.74) is 0. The number of allylic oxidation sites excluding steroid dienone is 3. The van der Waals surface area contributed by atoms with Crippen LogP contribution in [-0.2, 0) is 4.74 Å². The first-order chi connectivity index (χ1) is 14.3. The maximum absolute atomic E-state index is 6.41. The van der Waals surface area contributed by atoms with E-state index in [1.807, 2.05) is 0 Å². The molecule has 0 aromatic carbocycles. The molecule has 0 aromatic rings. The van der Waals surface area contributed by atoms with E-state index in [9.17, 15) is 0 Å². The molecule has 0 amide bonds. The van der Waals surface area contributed by atoms with Gasteiger partial charge in [-0.25, -0.2) is 0 Å². The molecule has 0 heterocycles. The van der Waals surface area contributed by atoms with Gasteiger partial charge in [0.05, 0.1) is 6.10 Å². The standard InChI is InChI=1S/C28H48O/c1-3-5-7-9-24-14-20-28(21-15-24)29-22-25-12-18-27(19-13-25)26-16-10-23(11-17-26)8-6-4-2/h4,10,16,23-28H,2-3,5-9,11-15,17-22H2,1H3. The van der Waals surface area contributed by atoms with E-state index in [2.05, 4.69) is 31.7 Å². The van der Waals surface area contributed by atoms with Crippen molar-refractivity contribution in [1.82, 2.24) is 0 Å². The normalized spacial score (nSPS) is 35.5. The first-order valence-electron chi connectivity index (χ1n) is 13.2. The number of ether oxygens (including phenoxy) is 1. The maximum Gasteiger partial charge on any atom is 0.0575 e. The molecular formula is C28H48O. The summed E-state index contributed by atoms with van der Waals surface area (Å²) in [6, 6.07) is 0. The third kappa shape index (κ3) is 7.89. The Morgan fingerprint density at radius 2 is 1.59 bits per heavy atom. The lowest BCUT2D eigenvalue weighted by atomic mass is 9.71. The molecule has 1 heteroatoms. The van der Waals surface area contributed by atoms with Gasteiger partial charge >= 0.3 is 0 Å². The topological polar surface area (TPSA) is 9.23 Å². The van der Waals surface area contributed by atoms with E-state index < -0.39 is 0 Å². The van der Waals surface area contributed by atoms with Gasteiger partial charge < -0.3 is 4.74 Å². The minimum absolute atomic E-state index is 0.573. The highest BCUT2D eigenvalue weighted by Crippen LogP contribution is 2.39. The minimum atomic E-state index is 0.573. The predicted molar refractivity (Wildman–Crippen MR) is 126 cm³/mol. The van der Waals surface area contributed by atoms with Crippen molar-refractivity contribution in [2.45, 2.75) is 116 Å². The molecule has 0 N–H and O–H groups in total. The highest BCUT2D eigenvalue weighted by atomic mass is 16.5. The third-order valence-electron chi connectivity index (χ3n) is 8.32. The number of unbranched alkanes of at least 4 members (excludes halogenated alkanes) is 2. The highest BCUT2D eigenvalue weighted by Gasteiger charge is 2.29. The molecule has 3 aliphatic rings. The van der Waals surface area contributed by atoms with E-state index in [0.717, 1.165) is 36.2 Å². The van der Waals surface area contributed by atoms with Crippen molar-refractivity contribution < 1.29 is 4.74 Å². The number of hydrogen-bond acceptors (Lipinski definition) is 1. The van der Waals surface area contributed by atoms with Crippen LogP contribution < -0.4 is 0 Å². The van der Waals surface area contributed by atoms with E-state index in [1.165, 1.54) is 103 Å². The van der Waals surface area contributed by atoms with Crippen LogP contribution in [0.25, 0.3) is 0 Å². The lowest BCUT2D eigenvalue weighted by molar-refractivity contribution is -0.0115. The van der Waals surface area contributed by atoms with E-state index >= 15 is 0 Å².